The Bertz CT molecular complexity index is 637. The molecule has 0 amide bonds. The Balaban J connectivity index is 2.07. The van der Waals surface area contributed by atoms with Crippen LogP contribution in [0.1, 0.15) is 24.2 Å². The van der Waals surface area contributed by atoms with Crippen molar-refractivity contribution < 1.29 is 18.3 Å². The number of pyridine rings is 1. The Morgan fingerprint density at radius 2 is 1.95 bits per heavy atom. The smallest absolute Gasteiger partial charge is 0.306 e. The predicted octanol–water partition coefficient (Wildman–Crippen LogP) is 1.15. The fourth-order valence-corrected chi connectivity index (χ4v) is 3.66. The topological polar surface area (TPSA) is 99.6 Å². The summed E-state index contributed by atoms with van der Waals surface area (Å²) in [5, 5.41) is 8.93. The molecule has 2 rings (SSSR count). The molecule has 0 spiro atoms. The first-order valence-corrected chi connectivity index (χ1v) is 8.18. The molecule has 0 aromatic carbocycles. The van der Waals surface area contributed by atoms with Gasteiger partial charge in [-0.1, -0.05) is 0 Å². The minimum absolute atomic E-state index is 0.213. The lowest BCUT2D eigenvalue weighted by atomic mass is 9.99. The highest BCUT2D eigenvalue weighted by atomic mass is 32.2. The van der Waals surface area contributed by atoms with E-state index in [9.17, 15) is 13.2 Å². The Hall–Kier alpha value is -1.67. The molecule has 1 aromatic heterocycles. The van der Waals surface area contributed by atoms with E-state index in [2.05, 4.69) is 9.71 Å². The van der Waals surface area contributed by atoms with Crippen molar-refractivity contribution in [3.05, 3.63) is 23.5 Å². The van der Waals surface area contributed by atoms with Crippen LogP contribution in [0.25, 0.3) is 0 Å². The summed E-state index contributed by atoms with van der Waals surface area (Å²) in [6.45, 7) is 4.00. The van der Waals surface area contributed by atoms with Gasteiger partial charge in [0, 0.05) is 18.8 Å². The third-order valence-corrected chi connectivity index (χ3v) is 5.13. The maximum atomic E-state index is 12.3. The first kappa shape index (κ1) is 15.7. The van der Waals surface area contributed by atoms with Crippen LogP contribution in [0, 0.1) is 19.8 Å². The molecule has 0 saturated carbocycles. The summed E-state index contributed by atoms with van der Waals surface area (Å²) in [7, 11) is -3.67. The third kappa shape index (κ3) is 3.70. The zero-order valence-corrected chi connectivity index (χ0v) is 12.9. The quantitative estimate of drug-likeness (QED) is 0.868. The number of carboxylic acids is 1. The van der Waals surface area contributed by atoms with Crippen molar-refractivity contribution in [1.82, 2.24) is 9.29 Å². The van der Waals surface area contributed by atoms with Gasteiger partial charge in [-0.3, -0.25) is 14.5 Å². The van der Waals surface area contributed by atoms with Gasteiger partial charge in [0.15, 0.2) is 0 Å². The van der Waals surface area contributed by atoms with Gasteiger partial charge in [0.2, 0.25) is 0 Å². The van der Waals surface area contributed by atoms with E-state index in [1.165, 1.54) is 4.31 Å². The van der Waals surface area contributed by atoms with Crippen molar-refractivity contribution in [2.24, 2.45) is 5.92 Å². The second kappa shape index (κ2) is 5.98. The SMILES string of the molecule is Cc1ccc(NS(=O)(=O)N2CCC(C(=O)O)CC2)c(C)n1. The average Bonchev–Trinajstić information content (AvgIpc) is 2.42. The van der Waals surface area contributed by atoms with Crippen molar-refractivity contribution in [1.29, 1.82) is 0 Å². The molecule has 116 valence electrons. The maximum Gasteiger partial charge on any atom is 0.306 e. The number of anilines is 1. The van der Waals surface area contributed by atoms with E-state index in [1.54, 1.807) is 19.1 Å². The molecular weight excluding hydrogens is 294 g/mol. The number of rotatable bonds is 4. The molecule has 1 aliphatic rings. The number of aryl methyl sites for hydroxylation is 2. The zero-order chi connectivity index (χ0) is 15.6. The van der Waals surface area contributed by atoms with E-state index in [-0.39, 0.29) is 13.1 Å². The highest BCUT2D eigenvalue weighted by Crippen LogP contribution is 2.22. The number of hydrogen-bond donors (Lipinski definition) is 2. The van der Waals surface area contributed by atoms with E-state index >= 15 is 0 Å². The molecule has 2 heterocycles. The molecule has 0 radical (unpaired) electrons. The number of aliphatic carboxylic acids is 1. The molecule has 21 heavy (non-hydrogen) atoms. The zero-order valence-electron chi connectivity index (χ0n) is 12.0. The number of carboxylic acid groups (broad SMARTS) is 1. The summed E-state index contributed by atoms with van der Waals surface area (Å²) < 4.78 is 28.4. The van der Waals surface area contributed by atoms with E-state index in [0.29, 0.717) is 24.2 Å². The average molecular weight is 313 g/mol. The van der Waals surface area contributed by atoms with Gasteiger partial charge in [0.05, 0.1) is 17.3 Å². The maximum absolute atomic E-state index is 12.3. The van der Waals surface area contributed by atoms with Gasteiger partial charge in [-0.05, 0) is 38.8 Å². The van der Waals surface area contributed by atoms with E-state index in [4.69, 9.17) is 5.11 Å². The van der Waals surface area contributed by atoms with Gasteiger partial charge in [0.25, 0.3) is 0 Å². The number of piperidine rings is 1. The number of carbonyl (C=O) groups is 1. The van der Waals surface area contributed by atoms with Gasteiger partial charge in [-0.15, -0.1) is 0 Å². The van der Waals surface area contributed by atoms with Crippen LogP contribution in [0.4, 0.5) is 5.69 Å². The standard InChI is InChI=1S/C13H19N3O4S/c1-9-3-4-12(10(2)14-9)15-21(19,20)16-7-5-11(6-8-16)13(17)18/h3-4,11,15H,5-8H2,1-2H3,(H,17,18). The summed E-state index contributed by atoms with van der Waals surface area (Å²) in [6, 6.07) is 3.42. The second-order valence-corrected chi connectivity index (χ2v) is 6.87. The Kier molecular flexibility index (Phi) is 4.48. The molecule has 0 bridgehead atoms. The summed E-state index contributed by atoms with van der Waals surface area (Å²) >= 11 is 0. The number of aromatic nitrogens is 1. The van der Waals surface area contributed by atoms with Crippen LogP contribution < -0.4 is 4.72 Å². The Morgan fingerprint density at radius 3 is 2.48 bits per heavy atom. The highest BCUT2D eigenvalue weighted by Gasteiger charge is 2.31. The van der Waals surface area contributed by atoms with E-state index < -0.39 is 22.1 Å². The molecule has 1 fully saturated rings. The monoisotopic (exact) mass is 313 g/mol. The first-order valence-electron chi connectivity index (χ1n) is 6.74. The summed E-state index contributed by atoms with van der Waals surface area (Å²) in [4.78, 5) is 15.1. The summed E-state index contributed by atoms with van der Waals surface area (Å²) in [5.41, 5.74) is 1.87. The first-order chi connectivity index (χ1) is 9.79. The summed E-state index contributed by atoms with van der Waals surface area (Å²) in [6.07, 6.45) is 0.669. The minimum Gasteiger partial charge on any atom is -0.481 e. The Morgan fingerprint density at radius 1 is 1.33 bits per heavy atom. The van der Waals surface area contributed by atoms with Crippen LogP contribution in [0.15, 0.2) is 12.1 Å². The number of nitrogens with one attached hydrogen (secondary N) is 1. The second-order valence-electron chi connectivity index (χ2n) is 5.20. The fourth-order valence-electron chi connectivity index (χ4n) is 2.34. The molecule has 0 aliphatic carbocycles. The highest BCUT2D eigenvalue weighted by molar-refractivity contribution is 7.90. The molecular formula is C13H19N3O4S. The number of nitrogens with zero attached hydrogens (tertiary/aromatic N) is 2. The van der Waals surface area contributed by atoms with E-state index in [1.807, 2.05) is 6.92 Å². The molecule has 2 N–H and O–H groups in total. The van der Waals surface area contributed by atoms with E-state index in [0.717, 1.165) is 5.69 Å². The molecule has 8 heteroatoms. The van der Waals surface area contributed by atoms with Crippen molar-refractivity contribution >= 4 is 21.9 Å². The molecule has 1 aliphatic heterocycles. The van der Waals surface area contributed by atoms with Gasteiger partial charge >= 0.3 is 16.2 Å². The van der Waals surface area contributed by atoms with Crippen LogP contribution in [-0.4, -0.2) is 41.9 Å². The Labute approximate surface area is 124 Å². The fraction of sp³-hybridized carbons (Fsp3) is 0.538. The van der Waals surface area contributed by atoms with Crippen molar-refractivity contribution in [3.8, 4) is 0 Å². The van der Waals surface area contributed by atoms with Gasteiger partial charge < -0.3 is 5.11 Å². The normalized spacial score (nSPS) is 17.6. The van der Waals surface area contributed by atoms with Crippen molar-refractivity contribution in [2.75, 3.05) is 17.8 Å². The lowest BCUT2D eigenvalue weighted by molar-refractivity contribution is -0.142. The molecule has 0 atom stereocenters. The lowest BCUT2D eigenvalue weighted by Crippen LogP contribution is -2.43. The molecule has 1 saturated heterocycles. The lowest BCUT2D eigenvalue weighted by Gasteiger charge is -2.29. The van der Waals surface area contributed by atoms with Gasteiger partial charge in [0.1, 0.15) is 0 Å². The largest absolute Gasteiger partial charge is 0.481 e. The van der Waals surface area contributed by atoms with Crippen LogP contribution in [0.5, 0.6) is 0 Å². The third-order valence-electron chi connectivity index (χ3n) is 3.61. The van der Waals surface area contributed by atoms with Gasteiger partial charge in [-0.25, -0.2) is 0 Å². The van der Waals surface area contributed by atoms with Crippen LogP contribution in [0.2, 0.25) is 0 Å². The predicted molar refractivity (Wildman–Crippen MR) is 78.2 cm³/mol. The van der Waals surface area contributed by atoms with Crippen molar-refractivity contribution in [2.45, 2.75) is 26.7 Å². The molecule has 1 aromatic rings. The molecule has 7 nitrogen and oxygen atoms in total. The summed E-state index contributed by atoms with van der Waals surface area (Å²) in [5.74, 6) is -1.32. The molecule has 0 unspecified atom stereocenters. The van der Waals surface area contributed by atoms with Crippen LogP contribution >= 0.6 is 0 Å². The number of hydrogen-bond acceptors (Lipinski definition) is 4. The minimum atomic E-state index is -3.67. The van der Waals surface area contributed by atoms with Gasteiger partial charge in [-0.2, -0.15) is 12.7 Å². The van der Waals surface area contributed by atoms with Crippen LogP contribution in [0.3, 0.4) is 0 Å². The van der Waals surface area contributed by atoms with Crippen molar-refractivity contribution in [3.63, 3.8) is 0 Å². The van der Waals surface area contributed by atoms with Crippen LogP contribution in [-0.2, 0) is 15.0 Å².